The van der Waals surface area contributed by atoms with Gasteiger partial charge in [-0.15, -0.1) is 11.3 Å². The molecule has 4 nitrogen and oxygen atoms in total. The van der Waals surface area contributed by atoms with E-state index in [4.69, 9.17) is 9.47 Å². The van der Waals surface area contributed by atoms with Gasteiger partial charge in [0, 0.05) is 6.61 Å². The van der Waals surface area contributed by atoms with Gasteiger partial charge in [-0.25, -0.2) is 9.78 Å². The maximum atomic E-state index is 11.5. The standard InChI is InChI=1S/C12H19NO3S/c1-6-16-9(7(2)3)11-13-8(4)10(17-11)12(14)15-5/h7,9H,6H2,1-5H3. The van der Waals surface area contributed by atoms with Crippen LogP contribution in [-0.4, -0.2) is 24.7 Å². The predicted octanol–water partition coefficient (Wildman–Crippen LogP) is 2.97. The quantitative estimate of drug-likeness (QED) is 0.761. The Morgan fingerprint density at radius 1 is 1.47 bits per heavy atom. The number of thiazole rings is 1. The Hall–Kier alpha value is -0.940. The summed E-state index contributed by atoms with van der Waals surface area (Å²) in [5.41, 5.74) is 0.710. The molecule has 0 radical (unpaired) electrons. The Balaban J connectivity index is 3.01. The van der Waals surface area contributed by atoms with E-state index in [1.807, 2.05) is 13.8 Å². The zero-order chi connectivity index (χ0) is 13.0. The smallest absolute Gasteiger partial charge is 0.349 e. The molecular formula is C12H19NO3S. The molecule has 17 heavy (non-hydrogen) atoms. The first-order chi connectivity index (χ1) is 8.01. The van der Waals surface area contributed by atoms with Gasteiger partial charge in [0.05, 0.1) is 12.8 Å². The van der Waals surface area contributed by atoms with Crippen molar-refractivity contribution >= 4 is 17.3 Å². The zero-order valence-electron chi connectivity index (χ0n) is 10.9. The van der Waals surface area contributed by atoms with E-state index in [-0.39, 0.29) is 12.1 Å². The molecule has 0 saturated heterocycles. The number of rotatable bonds is 5. The molecule has 0 amide bonds. The van der Waals surface area contributed by atoms with Crippen LogP contribution < -0.4 is 0 Å². The Morgan fingerprint density at radius 3 is 2.59 bits per heavy atom. The maximum Gasteiger partial charge on any atom is 0.349 e. The van der Waals surface area contributed by atoms with Crippen LogP contribution in [0.2, 0.25) is 0 Å². The highest BCUT2D eigenvalue weighted by atomic mass is 32.1. The summed E-state index contributed by atoms with van der Waals surface area (Å²) in [5, 5.41) is 0.847. The molecule has 1 atom stereocenters. The van der Waals surface area contributed by atoms with E-state index in [1.54, 1.807) is 0 Å². The summed E-state index contributed by atoms with van der Waals surface area (Å²) in [6.07, 6.45) is -0.0536. The predicted molar refractivity (Wildman–Crippen MR) is 67.4 cm³/mol. The number of aryl methyl sites for hydroxylation is 1. The molecule has 1 rings (SSSR count). The van der Waals surface area contributed by atoms with Gasteiger partial charge in [-0.3, -0.25) is 0 Å². The van der Waals surface area contributed by atoms with Gasteiger partial charge in [0.2, 0.25) is 0 Å². The number of hydrogen-bond acceptors (Lipinski definition) is 5. The Kier molecular flexibility index (Phi) is 5.08. The normalized spacial score (nSPS) is 12.8. The lowest BCUT2D eigenvalue weighted by Gasteiger charge is -2.17. The molecule has 0 saturated carbocycles. The van der Waals surface area contributed by atoms with Crippen LogP contribution in [0.4, 0.5) is 0 Å². The van der Waals surface area contributed by atoms with Gasteiger partial charge < -0.3 is 9.47 Å². The summed E-state index contributed by atoms with van der Waals surface area (Å²) in [5.74, 6) is -0.00347. The summed E-state index contributed by atoms with van der Waals surface area (Å²) in [4.78, 5) is 16.5. The molecule has 0 spiro atoms. The van der Waals surface area contributed by atoms with Crippen LogP contribution in [0.25, 0.3) is 0 Å². The van der Waals surface area contributed by atoms with E-state index >= 15 is 0 Å². The molecule has 1 aromatic heterocycles. The molecule has 0 fully saturated rings. The molecule has 0 aliphatic heterocycles. The fourth-order valence-corrected chi connectivity index (χ4v) is 2.76. The van der Waals surface area contributed by atoms with Gasteiger partial charge in [-0.05, 0) is 19.8 Å². The molecule has 0 bridgehead atoms. The topological polar surface area (TPSA) is 48.4 Å². The van der Waals surface area contributed by atoms with Crippen molar-refractivity contribution < 1.29 is 14.3 Å². The van der Waals surface area contributed by atoms with Crippen LogP contribution >= 0.6 is 11.3 Å². The number of nitrogens with zero attached hydrogens (tertiary/aromatic N) is 1. The van der Waals surface area contributed by atoms with Crippen molar-refractivity contribution in [3.8, 4) is 0 Å². The van der Waals surface area contributed by atoms with Gasteiger partial charge in [0.25, 0.3) is 0 Å². The van der Waals surface area contributed by atoms with Crippen molar-refractivity contribution in [2.24, 2.45) is 5.92 Å². The zero-order valence-corrected chi connectivity index (χ0v) is 11.8. The summed E-state index contributed by atoms with van der Waals surface area (Å²) in [6, 6.07) is 0. The lowest BCUT2D eigenvalue weighted by molar-refractivity contribution is 0.0292. The maximum absolute atomic E-state index is 11.5. The van der Waals surface area contributed by atoms with Crippen molar-refractivity contribution in [1.82, 2.24) is 4.98 Å². The lowest BCUT2D eigenvalue weighted by Crippen LogP contribution is -2.10. The third kappa shape index (κ3) is 3.26. The third-order valence-electron chi connectivity index (χ3n) is 2.38. The van der Waals surface area contributed by atoms with E-state index in [0.717, 1.165) is 5.01 Å². The van der Waals surface area contributed by atoms with Gasteiger partial charge in [-0.2, -0.15) is 0 Å². The molecule has 96 valence electrons. The van der Waals surface area contributed by atoms with E-state index < -0.39 is 0 Å². The Bertz CT molecular complexity index is 387. The van der Waals surface area contributed by atoms with E-state index in [1.165, 1.54) is 18.4 Å². The molecule has 1 heterocycles. The van der Waals surface area contributed by atoms with Crippen molar-refractivity contribution in [1.29, 1.82) is 0 Å². The number of hydrogen-bond donors (Lipinski definition) is 0. The van der Waals surface area contributed by atoms with E-state index in [2.05, 4.69) is 18.8 Å². The highest BCUT2D eigenvalue weighted by molar-refractivity contribution is 7.13. The molecule has 0 aliphatic rings. The lowest BCUT2D eigenvalue weighted by atomic mass is 10.1. The van der Waals surface area contributed by atoms with Gasteiger partial charge >= 0.3 is 5.97 Å². The highest BCUT2D eigenvalue weighted by Gasteiger charge is 2.23. The minimum Gasteiger partial charge on any atom is -0.465 e. The van der Waals surface area contributed by atoms with E-state index in [0.29, 0.717) is 23.1 Å². The average molecular weight is 257 g/mol. The van der Waals surface area contributed by atoms with Crippen LogP contribution in [0.5, 0.6) is 0 Å². The molecule has 0 N–H and O–H groups in total. The monoisotopic (exact) mass is 257 g/mol. The van der Waals surface area contributed by atoms with Crippen molar-refractivity contribution in [3.63, 3.8) is 0 Å². The molecule has 0 aliphatic carbocycles. The Labute approximate surface area is 106 Å². The van der Waals surface area contributed by atoms with Gasteiger partial charge in [0.15, 0.2) is 0 Å². The summed E-state index contributed by atoms with van der Waals surface area (Å²) in [7, 11) is 1.38. The van der Waals surface area contributed by atoms with Crippen molar-refractivity contribution in [2.75, 3.05) is 13.7 Å². The molecular weight excluding hydrogens is 238 g/mol. The number of methoxy groups -OCH3 is 1. The fourth-order valence-electron chi connectivity index (χ4n) is 1.55. The van der Waals surface area contributed by atoms with Crippen molar-refractivity contribution in [2.45, 2.75) is 33.8 Å². The Morgan fingerprint density at radius 2 is 2.12 bits per heavy atom. The first-order valence-electron chi connectivity index (χ1n) is 5.68. The summed E-state index contributed by atoms with van der Waals surface area (Å²) in [6.45, 7) is 8.56. The third-order valence-corrected chi connectivity index (χ3v) is 3.58. The second-order valence-corrected chi connectivity index (χ2v) is 5.11. The van der Waals surface area contributed by atoms with Gasteiger partial charge in [-0.1, -0.05) is 13.8 Å². The number of esters is 1. The summed E-state index contributed by atoms with van der Waals surface area (Å²) >= 11 is 1.36. The number of carbonyl (C=O) groups is 1. The van der Waals surface area contributed by atoms with Gasteiger partial charge in [0.1, 0.15) is 16.0 Å². The minimum absolute atomic E-state index is 0.0536. The summed E-state index contributed by atoms with van der Waals surface area (Å²) < 4.78 is 10.4. The second-order valence-electron chi connectivity index (χ2n) is 4.08. The SMILES string of the molecule is CCOC(c1nc(C)c(C(=O)OC)s1)C(C)C. The first-order valence-corrected chi connectivity index (χ1v) is 6.50. The largest absolute Gasteiger partial charge is 0.465 e. The molecule has 1 aromatic rings. The van der Waals surface area contributed by atoms with E-state index in [9.17, 15) is 4.79 Å². The highest BCUT2D eigenvalue weighted by Crippen LogP contribution is 2.31. The van der Waals surface area contributed by atoms with Crippen LogP contribution in [0.3, 0.4) is 0 Å². The second kappa shape index (κ2) is 6.12. The first kappa shape index (κ1) is 14.1. The average Bonchev–Trinajstić information content (AvgIpc) is 2.66. The molecule has 0 aromatic carbocycles. The van der Waals surface area contributed by atoms with Crippen LogP contribution in [0.15, 0.2) is 0 Å². The number of carbonyl (C=O) groups excluding carboxylic acids is 1. The molecule has 5 heteroatoms. The minimum atomic E-state index is -0.328. The van der Waals surface area contributed by atoms with Crippen molar-refractivity contribution in [3.05, 3.63) is 15.6 Å². The van der Waals surface area contributed by atoms with Crippen LogP contribution in [-0.2, 0) is 9.47 Å². The van der Waals surface area contributed by atoms with Crippen LogP contribution in [0, 0.1) is 12.8 Å². The fraction of sp³-hybridized carbons (Fsp3) is 0.667. The van der Waals surface area contributed by atoms with Crippen LogP contribution in [0.1, 0.15) is 47.2 Å². The molecule has 1 unspecified atom stereocenters. The number of ether oxygens (including phenoxy) is 2. The number of aromatic nitrogens is 1.